The standard InChI is InChI=1S/C7H14O2.C5H5N/c1-6(8)5-7(2,3)9-4;1-2-4-6-5-3-1/h5H2,1-4H3;1-5H. The van der Waals surface area contributed by atoms with Crippen molar-refractivity contribution in [1.82, 2.24) is 4.98 Å². The van der Waals surface area contributed by atoms with Gasteiger partial charge in [0.05, 0.1) is 5.60 Å². The SMILES string of the molecule is COC(C)(C)CC(C)=O.c1ccncc1. The first-order valence-corrected chi connectivity index (χ1v) is 4.87. The van der Waals surface area contributed by atoms with Crippen molar-refractivity contribution in [3.8, 4) is 0 Å². The molecule has 0 radical (unpaired) electrons. The number of hydrogen-bond donors (Lipinski definition) is 0. The topological polar surface area (TPSA) is 39.2 Å². The minimum atomic E-state index is -0.286. The van der Waals surface area contributed by atoms with Gasteiger partial charge in [-0.05, 0) is 32.9 Å². The van der Waals surface area contributed by atoms with Crippen LogP contribution in [-0.4, -0.2) is 23.5 Å². The zero-order valence-corrected chi connectivity index (χ0v) is 9.86. The van der Waals surface area contributed by atoms with Gasteiger partial charge in [-0.25, -0.2) is 0 Å². The Labute approximate surface area is 91.5 Å². The highest BCUT2D eigenvalue weighted by atomic mass is 16.5. The van der Waals surface area contributed by atoms with Gasteiger partial charge in [-0.1, -0.05) is 6.07 Å². The van der Waals surface area contributed by atoms with E-state index in [-0.39, 0.29) is 11.4 Å². The highest BCUT2D eigenvalue weighted by molar-refractivity contribution is 5.76. The van der Waals surface area contributed by atoms with Gasteiger partial charge >= 0.3 is 0 Å². The lowest BCUT2D eigenvalue weighted by Gasteiger charge is -2.20. The summed E-state index contributed by atoms with van der Waals surface area (Å²) in [6.07, 6.45) is 3.99. The average molecular weight is 209 g/mol. The zero-order valence-electron chi connectivity index (χ0n) is 9.86. The Balaban J connectivity index is 0.000000280. The van der Waals surface area contributed by atoms with Crippen molar-refractivity contribution in [2.45, 2.75) is 32.8 Å². The predicted molar refractivity (Wildman–Crippen MR) is 60.6 cm³/mol. The Morgan fingerprint density at radius 1 is 1.27 bits per heavy atom. The minimum absolute atomic E-state index is 0.168. The number of carbonyl (C=O) groups is 1. The second-order valence-electron chi connectivity index (χ2n) is 3.87. The fraction of sp³-hybridized carbons (Fsp3) is 0.500. The maximum atomic E-state index is 10.5. The molecule has 1 rings (SSSR count). The van der Waals surface area contributed by atoms with Gasteiger partial charge in [0.15, 0.2) is 0 Å². The average Bonchev–Trinajstić information content (AvgIpc) is 2.20. The number of methoxy groups -OCH3 is 1. The first-order valence-electron chi connectivity index (χ1n) is 4.87. The summed E-state index contributed by atoms with van der Waals surface area (Å²) in [5.41, 5.74) is -0.286. The lowest BCUT2D eigenvalue weighted by molar-refractivity contribution is -0.121. The van der Waals surface area contributed by atoms with Gasteiger partial charge in [-0.15, -0.1) is 0 Å². The van der Waals surface area contributed by atoms with Crippen molar-refractivity contribution in [2.24, 2.45) is 0 Å². The molecule has 0 atom stereocenters. The maximum absolute atomic E-state index is 10.5. The van der Waals surface area contributed by atoms with Crippen LogP contribution in [0, 0.1) is 0 Å². The molecule has 15 heavy (non-hydrogen) atoms. The van der Waals surface area contributed by atoms with E-state index in [1.807, 2.05) is 32.0 Å². The third kappa shape index (κ3) is 9.09. The van der Waals surface area contributed by atoms with Crippen LogP contribution in [0.1, 0.15) is 27.2 Å². The van der Waals surface area contributed by atoms with E-state index in [1.54, 1.807) is 26.4 Å². The Bertz CT molecular complexity index is 244. The van der Waals surface area contributed by atoms with E-state index in [4.69, 9.17) is 4.74 Å². The number of pyridine rings is 1. The van der Waals surface area contributed by atoms with E-state index in [0.29, 0.717) is 6.42 Å². The molecule has 0 unspecified atom stereocenters. The second-order valence-corrected chi connectivity index (χ2v) is 3.87. The largest absolute Gasteiger partial charge is 0.378 e. The van der Waals surface area contributed by atoms with E-state index in [0.717, 1.165) is 0 Å². The van der Waals surface area contributed by atoms with E-state index < -0.39 is 0 Å². The monoisotopic (exact) mass is 209 g/mol. The van der Waals surface area contributed by atoms with Crippen molar-refractivity contribution in [2.75, 3.05) is 7.11 Å². The van der Waals surface area contributed by atoms with Crippen LogP contribution in [0.25, 0.3) is 0 Å². The van der Waals surface area contributed by atoms with E-state index in [1.165, 1.54) is 0 Å². The second kappa shape index (κ2) is 7.12. The van der Waals surface area contributed by atoms with Crippen LogP contribution in [0.5, 0.6) is 0 Å². The van der Waals surface area contributed by atoms with Gasteiger partial charge in [-0.3, -0.25) is 9.78 Å². The lowest BCUT2D eigenvalue weighted by atomic mass is 10.0. The molecule has 0 amide bonds. The minimum Gasteiger partial charge on any atom is -0.378 e. The fourth-order valence-electron chi connectivity index (χ4n) is 0.984. The highest BCUT2D eigenvalue weighted by Crippen LogP contribution is 2.12. The number of nitrogens with zero attached hydrogens (tertiary/aromatic N) is 1. The van der Waals surface area contributed by atoms with Crippen LogP contribution in [0.15, 0.2) is 30.6 Å². The summed E-state index contributed by atoms with van der Waals surface area (Å²) >= 11 is 0. The number of aromatic nitrogens is 1. The number of ether oxygens (including phenoxy) is 1. The molecule has 0 aliphatic rings. The number of carbonyl (C=O) groups excluding carboxylic acids is 1. The number of Topliss-reactive ketones (excluding diaryl/α,β-unsaturated/α-hetero) is 1. The van der Waals surface area contributed by atoms with Gasteiger partial charge < -0.3 is 4.74 Å². The molecule has 0 N–H and O–H groups in total. The normalized spacial score (nSPS) is 10.1. The third-order valence-corrected chi connectivity index (χ3v) is 1.79. The molecule has 0 saturated heterocycles. The predicted octanol–water partition coefficient (Wildman–Crippen LogP) is 2.47. The molecular formula is C12H19NO2. The van der Waals surface area contributed by atoms with Crippen LogP contribution < -0.4 is 0 Å². The van der Waals surface area contributed by atoms with Crippen LogP contribution in [0.3, 0.4) is 0 Å². The van der Waals surface area contributed by atoms with Gasteiger partial charge in [-0.2, -0.15) is 0 Å². The molecule has 0 aromatic carbocycles. The van der Waals surface area contributed by atoms with E-state index >= 15 is 0 Å². The van der Waals surface area contributed by atoms with Gasteiger partial charge in [0.1, 0.15) is 5.78 Å². The first kappa shape index (κ1) is 13.8. The fourth-order valence-corrected chi connectivity index (χ4v) is 0.984. The Morgan fingerprint density at radius 3 is 1.93 bits per heavy atom. The van der Waals surface area contributed by atoms with Crippen molar-refractivity contribution in [3.05, 3.63) is 30.6 Å². The lowest BCUT2D eigenvalue weighted by Crippen LogP contribution is -2.25. The third-order valence-electron chi connectivity index (χ3n) is 1.79. The molecule has 0 saturated carbocycles. The van der Waals surface area contributed by atoms with E-state index in [2.05, 4.69) is 4.98 Å². The van der Waals surface area contributed by atoms with E-state index in [9.17, 15) is 4.79 Å². The summed E-state index contributed by atoms with van der Waals surface area (Å²) in [6.45, 7) is 5.36. The van der Waals surface area contributed by atoms with Crippen LogP contribution >= 0.6 is 0 Å². The highest BCUT2D eigenvalue weighted by Gasteiger charge is 2.17. The van der Waals surface area contributed by atoms with Crippen LogP contribution in [0.4, 0.5) is 0 Å². The van der Waals surface area contributed by atoms with Crippen molar-refractivity contribution < 1.29 is 9.53 Å². The van der Waals surface area contributed by atoms with Crippen molar-refractivity contribution in [3.63, 3.8) is 0 Å². The first-order chi connectivity index (χ1) is 6.98. The van der Waals surface area contributed by atoms with Gasteiger partial charge in [0.25, 0.3) is 0 Å². The summed E-state index contributed by atoms with van der Waals surface area (Å²) in [7, 11) is 1.61. The molecule has 1 aromatic heterocycles. The van der Waals surface area contributed by atoms with Crippen molar-refractivity contribution >= 4 is 5.78 Å². The summed E-state index contributed by atoms with van der Waals surface area (Å²) in [4.78, 5) is 14.3. The maximum Gasteiger partial charge on any atom is 0.132 e. The Kier molecular flexibility index (Phi) is 6.54. The van der Waals surface area contributed by atoms with Gasteiger partial charge in [0, 0.05) is 25.9 Å². The van der Waals surface area contributed by atoms with Crippen LogP contribution in [0.2, 0.25) is 0 Å². The molecule has 1 aromatic rings. The quantitative estimate of drug-likeness (QED) is 0.767. The van der Waals surface area contributed by atoms with Crippen LogP contribution in [-0.2, 0) is 9.53 Å². The Morgan fingerprint density at radius 2 is 1.80 bits per heavy atom. The molecule has 0 spiro atoms. The molecule has 84 valence electrons. The molecule has 0 fully saturated rings. The number of rotatable bonds is 3. The summed E-state index contributed by atoms with van der Waals surface area (Å²) in [5, 5.41) is 0. The smallest absolute Gasteiger partial charge is 0.132 e. The Hall–Kier alpha value is -1.22. The van der Waals surface area contributed by atoms with Crippen molar-refractivity contribution in [1.29, 1.82) is 0 Å². The molecule has 0 aliphatic carbocycles. The zero-order chi connectivity index (χ0) is 11.7. The molecular weight excluding hydrogens is 190 g/mol. The number of ketones is 1. The molecule has 0 bridgehead atoms. The summed E-state index contributed by atoms with van der Waals surface area (Å²) < 4.78 is 5.03. The molecule has 1 heterocycles. The molecule has 3 heteroatoms. The van der Waals surface area contributed by atoms with Gasteiger partial charge in [0.2, 0.25) is 0 Å². The molecule has 3 nitrogen and oxygen atoms in total. The number of hydrogen-bond acceptors (Lipinski definition) is 3. The summed E-state index contributed by atoms with van der Waals surface area (Å²) in [6, 6.07) is 5.72. The summed E-state index contributed by atoms with van der Waals surface area (Å²) in [5.74, 6) is 0.168. The molecule has 0 aliphatic heterocycles.